The van der Waals surface area contributed by atoms with Gasteiger partial charge in [0.2, 0.25) is 12.2 Å². The molecule has 1 amide bonds. The maximum absolute atomic E-state index is 10.9. The average Bonchev–Trinajstić information content (AvgIpc) is 2.04. The van der Waals surface area contributed by atoms with Crippen LogP contribution in [0.15, 0.2) is 0 Å². The first-order valence-corrected chi connectivity index (χ1v) is 3.27. The van der Waals surface area contributed by atoms with E-state index in [1.54, 1.807) is 6.29 Å². The van der Waals surface area contributed by atoms with Crippen molar-refractivity contribution in [1.29, 1.82) is 0 Å². The van der Waals surface area contributed by atoms with Gasteiger partial charge in [0.15, 0.2) is 0 Å². The molecule has 0 bridgehead atoms. The molecule has 0 aliphatic rings. The van der Waals surface area contributed by atoms with Gasteiger partial charge in [0.05, 0.1) is 13.7 Å². The van der Waals surface area contributed by atoms with Crippen molar-refractivity contribution < 1.29 is 19.1 Å². The summed E-state index contributed by atoms with van der Waals surface area (Å²) in [5.41, 5.74) is 0. The van der Waals surface area contributed by atoms with Crippen molar-refractivity contribution in [3.63, 3.8) is 0 Å². The predicted octanol–water partition coefficient (Wildman–Crippen LogP) is -0.882. The molecule has 0 N–H and O–H groups in total. The first-order valence-electron chi connectivity index (χ1n) is 3.27. The number of esters is 1. The standard InChI is InChI=1S/C7H10NO4/c1-8(3-4-9)6(10)5-7(11)12-2/h3,5H2,1-2H3. The number of nitrogens with zero attached hydrogens (tertiary/aromatic N) is 1. The third kappa shape index (κ3) is 3.70. The Labute approximate surface area is 70.3 Å². The van der Waals surface area contributed by atoms with Gasteiger partial charge in [-0.3, -0.25) is 14.4 Å². The Morgan fingerprint density at radius 1 is 1.50 bits per heavy atom. The lowest BCUT2D eigenvalue weighted by Gasteiger charge is -2.11. The molecule has 0 aromatic rings. The average molecular weight is 172 g/mol. The van der Waals surface area contributed by atoms with Gasteiger partial charge in [0, 0.05) is 7.05 Å². The number of hydrogen-bond donors (Lipinski definition) is 0. The van der Waals surface area contributed by atoms with E-state index < -0.39 is 11.9 Å². The minimum atomic E-state index is -0.613. The fourth-order valence-electron chi connectivity index (χ4n) is 0.516. The van der Waals surface area contributed by atoms with Crippen LogP contribution in [0.1, 0.15) is 6.42 Å². The number of amides is 1. The second-order valence-electron chi connectivity index (χ2n) is 2.15. The van der Waals surface area contributed by atoms with Gasteiger partial charge >= 0.3 is 5.97 Å². The normalized spacial score (nSPS) is 8.83. The van der Waals surface area contributed by atoms with Crippen molar-refractivity contribution in [2.24, 2.45) is 0 Å². The molecular formula is C7H10NO4. The molecule has 0 saturated carbocycles. The number of carbonyl (C=O) groups is 2. The van der Waals surface area contributed by atoms with Gasteiger partial charge in [0.25, 0.3) is 0 Å². The molecule has 12 heavy (non-hydrogen) atoms. The van der Waals surface area contributed by atoms with Crippen molar-refractivity contribution in [2.75, 3.05) is 20.7 Å². The van der Waals surface area contributed by atoms with E-state index in [1.807, 2.05) is 0 Å². The first-order chi connectivity index (χ1) is 5.61. The highest BCUT2D eigenvalue weighted by molar-refractivity contribution is 5.94. The zero-order valence-electron chi connectivity index (χ0n) is 6.99. The fourth-order valence-corrected chi connectivity index (χ4v) is 0.516. The lowest BCUT2D eigenvalue weighted by Crippen LogP contribution is -2.30. The summed E-state index contributed by atoms with van der Waals surface area (Å²) in [7, 11) is 2.61. The van der Waals surface area contributed by atoms with E-state index in [1.165, 1.54) is 14.2 Å². The Balaban J connectivity index is 3.86. The van der Waals surface area contributed by atoms with Gasteiger partial charge in [0.1, 0.15) is 6.42 Å². The molecule has 0 rings (SSSR count). The third-order valence-electron chi connectivity index (χ3n) is 1.25. The maximum atomic E-state index is 10.9. The molecule has 0 saturated heterocycles. The molecule has 0 spiro atoms. The molecular weight excluding hydrogens is 162 g/mol. The molecule has 0 aliphatic carbocycles. The van der Waals surface area contributed by atoms with E-state index in [0.29, 0.717) is 0 Å². The second kappa shape index (κ2) is 5.29. The number of rotatable bonds is 4. The van der Waals surface area contributed by atoms with Crippen LogP contribution < -0.4 is 0 Å². The molecule has 0 unspecified atom stereocenters. The summed E-state index contributed by atoms with van der Waals surface area (Å²) in [4.78, 5) is 32.5. The van der Waals surface area contributed by atoms with Crippen molar-refractivity contribution in [3.05, 3.63) is 0 Å². The number of ether oxygens (including phenoxy) is 1. The first kappa shape index (κ1) is 10.6. The minimum absolute atomic E-state index is 0.129. The lowest BCUT2D eigenvalue weighted by molar-refractivity contribution is -0.146. The molecule has 0 aliphatic heterocycles. The monoisotopic (exact) mass is 172 g/mol. The Kier molecular flexibility index (Phi) is 4.67. The van der Waals surface area contributed by atoms with E-state index >= 15 is 0 Å². The van der Waals surface area contributed by atoms with Crippen LogP contribution in [0.2, 0.25) is 0 Å². The molecule has 0 aromatic carbocycles. The van der Waals surface area contributed by atoms with Gasteiger partial charge in [-0.15, -0.1) is 0 Å². The van der Waals surface area contributed by atoms with E-state index in [0.717, 1.165) is 4.90 Å². The number of carbonyl (C=O) groups excluding carboxylic acids is 3. The summed E-state index contributed by atoms with van der Waals surface area (Å²) in [6.45, 7) is -0.129. The van der Waals surface area contributed by atoms with Crippen molar-refractivity contribution in [1.82, 2.24) is 4.90 Å². The Bertz CT molecular complexity index is 190. The summed E-state index contributed by atoms with van der Waals surface area (Å²) in [6, 6.07) is 0. The van der Waals surface area contributed by atoms with Crippen LogP contribution in [0, 0.1) is 0 Å². The molecule has 0 aromatic heterocycles. The SMILES string of the molecule is COC(=O)CC(=O)N(C)C[C]=O. The topological polar surface area (TPSA) is 63.7 Å². The molecule has 5 nitrogen and oxygen atoms in total. The van der Waals surface area contributed by atoms with Crippen LogP contribution in [0.25, 0.3) is 0 Å². The Morgan fingerprint density at radius 3 is 2.50 bits per heavy atom. The van der Waals surface area contributed by atoms with Crippen molar-refractivity contribution >= 4 is 18.2 Å². The predicted molar refractivity (Wildman–Crippen MR) is 40.0 cm³/mol. The molecule has 0 heterocycles. The van der Waals surface area contributed by atoms with Crippen LogP contribution >= 0.6 is 0 Å². The van der Waals surface area contributed by atoms with E-state index in [-0.39, 0.29) is 13.0 Å². The quantitative estimate of drug-likeness (QED) is 0.408. The summed E-state index contributed by atoms with van der Waals surface area (Å²) in [5, 5.41) is 0. The van der Waals surface area contributed by atoms with Crippen molar-refractivity contribution in [3.8, 4) is 0 Å². The highest BCUT2D eigenvalue weighted by atomic mass is 16.5. The molecule has 67 valence electrons. The van der Waals surface area contributed by atoms with Crippen LogP contribution in [-0.4, -0.2) is 43.8 Å². The molecule has 5 heteroatoms. The van der Waals surface area contributed by atoms with Crippen LogP contribution in [0.5, 0.6) is 0 Å². The largest absolute Gasteiger partial charge is 0.469 e. The van der Waals surface area contributed by atoms with Gasteiger partial charge < -0.3 is 9.64 Å². The van der Waals surface area contributed by atoms with Gasteiger partial charge in [-0.25, -0.2) is 0 Å². The summed E-state index contributed by atoms with van der Waals surface area (Å²) in [5.74, 6) is -1.07. The van der Waals surface area contributed by atoms with Crippen LogP contribution in [-0.2, 0) is 19.1 Å². The Hall–Kier alpha value is -1.39. The number of methoxy groups -OCH3 is 1. The Morgan fingerprint density at radius 2 is 2.08 bits per heavy atom. The summed E-state index contributed by atoms with van der Waals surface area (Å²) < 4.78 is 4.26. The van der Waals surface area contributed by atoms with Gasteiger partial charge in [-0.1, -0.05) is 0 Å². The highest BCUT2D eigenvalue weighted by Crippen LogP contribution is 1.91. The number of likely N-dealkylation sites (N-methyl/N-ethyl adjacent to an activating group) is 1. The minimum Gasteiger partial charge on any atom is -0.469 e. The molecule has 0 atom stereocenters. The maximum Gasteiger partial charge on any atom is 0.315 e. The van der Waals surface area contributed by atoms with Gasteiger partial charge in [-0.2, -0.15) is 0 Å². The van der Waals surface area contributed by atoms with Crippen LogP contribution in [0.3, 0.4) is 0 Å². The third-order valence-corrected chi connectivity index (χ3v) is 1.25. The smallest absolute Gasteiger partial charge is 0.315 e. The summed E-state index contributed by atoms with van der Waals surface area (Å²) in [6.07, 6.45) is 1.20. The van der Waals surface area contributed by atoms with E-state index in [2.05, 4.69) is 4.74 Å². The zero-order valence-corrected chi connectivity index (χ0v) is 6.99. The molecule has 1 radical (unpaired) electrons. The lowest BCUT2D eigenvalue weighted by atomic mass is 10.4. The second-order valence-corrected chi connectivity index (χ2v) is 2.15. The fraction of sp³-hybridized carbons (Fsp3) is 0.571. The zero-order chi connectivity index (χ0) is 9.56. The highest BCUT2D eigenvalue weighted by Gasteiger charge is 2.13. The van der Waals surface area contributed by atoms with Crippen molar-refractivity contribution in [2.45, 2.75) is 6.42 Å². The molecule has 0 fully saturated rings. The number of hydrogen-bond acceptors (Lipinski definition) is 4. The van der Waals surface area contributed by atoms with Gasteiger partial charge in [-0.05, 0) is 0 Å². The van der Waals surface area contributed by atoms with E-state index in [9.17, 15) is 14.4 Å². The summed E-state index contributed by atoms with van der Waals surface area (Å²) >= 11 is 0. The van der Waals surface area contributed by atoms with Crippen LogP contribution in [0.4, 0.5) is 0 Å². The van der Waals surface area contributed by atoms with E-state index in [4.69, 9.17) is 0 Å².